The van der Waals surface area contributed by atoms with Crippen LogP contribution in [0.2, 0.25) is 0 Å². The number of β-amino-alcohol motifs (C(OH)–C–C–N with tert-alkyl or cyclic N) is 1. The van der Waals surface area contributed by atoms with E-state index in [4.69, 9.17) is 4.74 Å². The van der Waals surface area contributed by atoms with Crippen LogP contribution in [0.1, 0.15) is 53.8 Å². The summed E-state index contributed by atoms with van der Waals surface area (Å²) >= 11 is 0. The highest BCUT2D eigenvalue weighted by molar-refractivity contribution is 6.00. The van der Waals surface area contributed by atoms with Crippen molar-refractivity contribution in [1.29, 1.82) is 0 Å². The smallest absolute Gasteiger partial charge is 0.273 e. The Labute approximate surface area is 181 Å². The van der Waals surface area contributed by atoms with Crippen molar-refractivity contribution in [1.82, 2.24) is 15.1 Å². The largest absolute Gasteiger partial charge is 0.507 e. The van der Waals surface area contributed by atoms with Crippen LogP contribution in [0.3, 0.4) is 0 Å². The van der Waals surface area contributed by atoms with E-state index in [2.05, 4.69) is 17.1 Å². The van der Waals surface area contributed by atoms with Crippen LogP contribution in [0, 0.1) is 0 Å². The molecule has 7 nitrogen and oxygen atoms in total. The summed E-state index contributed by atoms with van der Waals surface area (Å²) in [4.78, 5) is 14.7. The van der Waals surface area contributed by atoms with Crippen LogP contribution in [-0.4, -0.2) is 51.0 Å². The third kappa shape index (κ3) is 4.01. The number of aliphatic hydroxyl groups is 1. The highest BCUT2D eigenvalue weighted by Gasteiger charge is 2.42. The second-order valence-electron chi connectivity index (χ2n) is 7.63. The first-order valence-electron chi connectivity index (χ1n) is 10.7. The molecule has 31 heavy (non-hydrogen) atoms. The monoisotopic (exact) mass is 421 g/mol. The van der Waals surface area contributed by atoms with E-state index in [0.717, 1.165) is 30.6 Å². The summed E-state index contributed by atoms with van der Waals surface area (Å²) in [6.45, 7) is 2.88. The molecule has 162 valence electrons. The fourth-order valence-electron chi connectivity index (χ4n) is 4.05. The van der Waals surface area contributed by atoms with Gasteiger partial charge in [-0.3, -0.25) is 9.89 Å². The van der Waals surface area contributed by atoms with Gasteiger partial charge in [-0.2, -0.15) is 5.10 Å². The summed E-state index contributed by atoms with van der Waals surface area (Å²) in [5.41, 5.74) is 3.07. The maximum atomic E-state index is 13.0. The molecule has 0 radical (unpaired) electrons. The third-order valence-corrected chi connectivity index (χ3v) is 5.58. The lowest BCUT2D eigenvalue weighted by Gasteiger charge is -2.25. The molecule has 1 aliphatic heterocycles. The topological polar surface area (TPSA) is 98.7 Å². The van der Waals surface area contributed by atoms with Gasteiger partial charge in [-0.05, 0) is 36.2 Å². The number of hydrogen-bond acceptors (Lipinski definition) is 5. The lowest BCUT2D eigenvalue weighted by molar-refractivity contribution is 0.0706. The lowest BCUT2D eigenvalue weighted by Crippen LogP contribution is -2.32. The molecule has 4 rings (SSSR count). The minimum Gasteiger partial charge on any atom is -0.507 e. The quantitative estimate of drug-likeness (QED) is 0.455. The number of fused-ring (bicyclic) bond motifs is 1. The maximum absolute atomic E-state index is 13.0. The van der Waals surface area contributed by atoms with E-state index < -0.39 is 6.04 Å². The minimum atomic E-state index is -0.419. The van der Waals surface area contributed by atoms with Crippen LogP contribution < -0.4 is 4.74 Å². The van der Waals surface area contributed by atoms with E-state index in [1.807, 2.05) is 30.3 Å². The number of hydrogen-bond donors (Lipinski definition) is 3. The van der Waals surface area contributed by atoms with E-state index in [9.17, 15) is 15.0 Å². The van der Waals surface area contributed by atoms with E-state index in [-0.39, 0.29) is 24.8 Å². The molecule has 3 N–H and O–H groups in total. The van der Waals surface area contributed by atoms with Crippen molar-refractivity contribution in [3.8, 4) is 22.8 Å². The standard InChI is InChI=1S/C24H27N3O4/c1-2-3-6-15-31-17-11-9-16(10-12-17)23-20-21(18-7-4-5-8-19(18)29)25-26-22(20)24(30)27(23)13-14-28/h4-5,7-12,23,28-29H,2-3,6,13-15H2,1H3,(H,25,26)/t23-/m0/s1. The van der Waals surface area contributed by atoms with Crippen molar-refractivity contribution >= 4 is 5.91 Å². The molecular formula is C24H27N3O4. The predicted octanol–water partition coefficient (Wildman–Crippen LogP) is 3.89. The average molecular weight is 421 g/mol. The zero-order valence-electron chi connectivity index (χ0n) is 17.5. The Morgan fingerprint density at radius 2 is 1.90 bits per heavy atom. The van der Waals surface area contributed by atoms with Gasteiger partial charge in [-0.15, -0.1) is 0 Å². The molecule has 3 aromatic rings. The Morgan fingerprint density at radius 3 is 2.61 bits per heavy atom. The van der Waals surface area contributed by atoms with Gasteiger partial charge in [-0.1, -0.05) is 44.0 Å². The number of aromatic amines is 1. The first-order chi connectivity index (χ1) is 15.2. The number of aromatic hydroxyl groups is 1. The third-order valence-electron chi connectivity index (χ3n) is 5.58. The van der Waals surface area contributed by atoms with E-state index >= 15 is 0 Å². The zero-order valence-corrected chi connectivity index (χ0v) is 17.5. The Kier molecular flexibility index (Phi) is 6.23. The van der Waals surface area contributed by atoms with Crippen LogP contribution >= 0.6 is 0 Å². The van der Waals surface area contributed by atoms with Crippen LogP contribution in [0.15, 0.2) is 48.5 Å². The van der Waals surface area contributed by atoms with Gasteiger partial charge in [0.15, 0.2) is 0 Å². The molecule has 0 fully saturated rings. The second kappa shape index (κ2) is 9.22. The van der Waals surface area contributed by atoms with Gasteiger partial charge >= 0.3 is 0 Å². The van der Waals surface area contributed by atoms with Crippen molar-refractivity contribution in [2.24, 2.45) is 0 Å². The molecule has 7 heteroatoms. The van der Waals surface area contributed by atoms with Gasteiger partial charge in [0, 0.05) is 17.7 Å². The van der Waals surface area contributed by atoms with Crippen molar-refractivity contribution in [2.75, 3.05) is 19.8 Å². The molecule has 0 saturated carbocycles. The zero-order chi connectivity index (χ0) is 21.8. The molecular weight excluding hydrogens is 394 g/mol. The molecule has 1 aromatic heterocycles. The van der Waals surface area contributed by atoms with Crippen molar-refractivity contribution in [3.05, 3.63) is 65.4 Å². The van der Waals surface area contributed by atoms with Crippen LogP contribution in [0.4, 0.5) is 0 Å². The number of para-hydroxylation sites is 1. The summed E-state index contributed by atoms with van der Waals surface area (Å²) in [5.74, 6) is 0.661. The number of ether oxygens (including phenoxy) is 1. The summed E-state index contributed by atoms with van der Waals surface area (Å²) in [7, 11) is 0. The summed E-state index contributed by atoms with van der Waals surface area (Å²) in [6, 6.07) is 14.2. The molecule has 1 amide bonds. The molecule has 1 aliphatic rings. The maximum Gasteiger partial charge on any atom is 0.273 e. The Morgan fingerprint density at radius 1 is 1.13 bits per heavy atom. The molecule has 0 unspecified atom stereocenters. The number of nitrogens with zero attached hydrogens (tertiary/aromatic N) is 2. The molecule has 0 bridgehead atoms. The number of unbranched alkanes of at least 4 members (excludes halogenated alkanes) is 2. The van der Waals surface area contributed by atoms with Crippen molar-refractivity contribution < 1.29 is 19.7 Å². The number of carbonyl (C=O) groups excluding carboxylic acids is 1. The van der Waals surface area contributed by atoms with Gasteiger partial charge in [0.1, 0.15) is 22.9 Å². The van der Waals surface area contributed by atoms with E-state index in [1.165, 1.54) is 0 Å². The number of rotatable bonds is 9. The van der Waals surface area contributed by atoms with E-state index in [0.29, 0.717) is 29.1 Å². The number of aliphatic hydroxyl groups excluding tert-OH is 1. The molecule has 1 atom stereocenters. The normalized spacial score (nSPS) is 15.4. The predicted molar refractivity (Wildman–Crippen MR) is 117 cm³/mol. The summed E-state index contributed by atoms with van der Waals surface area (Å²) in [5, 5.41) is 27.1. The fraction of sp³-hybridized carbons (Fsp3) is 0.333. The first-order valence-corrected chi connectivity index (χ1v) is 10.7. The molecule has 2 aromatic carbocycles. The highest BCUT2D eigenvalue weighted by Crippen LogP contribution is 2.44. The molecule has 0 aliphatic carbocycles. The number of phenols is 1. The van der Waals surface area contributed by atoms with Crippen LogP contribution in [0.5, 0.6) is 11.5 Å². The van der Waals surface area contributed by atoms with Gasteiger partial charge in [0.2, 0.25) is 0 Å². The van der Waals surface area contributed by atoms with E-state index in [1.54, 1.807) is 23.1 Å². The number of carbonyl (C=O) groups is 1. The Balaban J connectivity index is 1.69. The first kappa shape index (κ1) is 20.9. The number of nitrogens with one attached hydrogen (secondary N) is 1. The number of phenolic OH excluding ortho intramolecular Hbond substituents is 1. The Bertz CT molecular complexity index is 1050. The van der Waals surface area contributed by atoms with Gasteiger partial charge in [-0.25, -0.2) is 0 Å². The van der Waals surface area contributed by atoms with Gasteiger partial charge in [0.25, 0.3) is 5.91 Å². The SMILES string of the molecule is CCCCCOc1ccc([C@H]2c3c(-c4ccccc4O)n[nH]c3C(=O)N2CCO)cc1. The van der Waals surface area contributed by atoms with Crippen LogP contribution in [0.25, 0.3) is 11.3 Å². The van der Waals surface area contributed by atoms with Crippen LogP contribution in [-0.2, 0) is 0 Å². The molecule has 2 heterocycles. The van der Waals surface area contributed by atoms with Crippen molar-refractivity contribution in [2.45, 2.75) is 32.2 Å². The molecule has 0 saturated heterocycles. The second-order valence-corrected chi connectivity index (χ2v) is 7.63. The van der Waals surface area contributed by atoms with Gasteiger partial charge in [0.05, 0.1) is 19.3 Å². The summed E-state index contributed by atoms with van der Waals surface area (Å²) < 4.78 is 5.81. The minimum absolute atomic E-state index is 0.0967. The number of amides is 1. The highest BCUT2D eigenvalue weighted by atomic mass is 16.5. The number of aromatic nitrogens is 2. The average Bonchev–Trinajstić information content (AvgIpc) is 3.32. The van der Waals surface area contributed by atoms with Gasteiger partial charge < -0.3 is 19.8 Å². The Hall–Kier alpha value is -3.32. The summed E-state index contributed by atoms with van der Waals surface area (Å²) in [6.07, 6.45) is 3.30. The lowest BCUT2D eigenvalue weighted by atomic mass is 9.95. The van der Waals surface area contributed by atoms with Crippen molar-refractivity contribution in [3.63, 3.8) is 0 Å². The molecule has 0 spiro atoms. The number of H-pyrrole nitrogens is 1. The number of benzene rings is 2. The fourth-order valence-corrected chi connectivity index (χ4v) is 4.05.